The lowest BCUT2D eigenvalue weighted by atomic mass is 9.99. The zero-order valence-corrected chi connectivity index (χ0v) is 11.4. The van der Waals surface area contributed by atoms with E-state index in [9.17, 15) is 4.79 Å². The molecule has 0 saturated carbocycles. The minimum absolute atomic E-state index is 0.572. The number of benzene rings is 1. The van der Waals surface area contributed by atoms with E-state index in [0.29, 0.717) is 10.8 Å². The normalized spacial score (nSPS) is 12.1. The van der Waals surface area contributed by atoms with Crippen LogP contribution in [0.3, 0.4) is 0 Å². The maximum atomic E-state index is 10.6. The minimum atomic E-state index is 0.572. The third kappa shape index (κ3) is 2.99. The summed E-state index contributed by atoms with van der Waals surface area (Å²) in [6.07, 6.45) is 1.97. The number of hydrogen-bond donors (Lipinski definition) is 0. The van der Waals surface area contributed by atoms with Gasteiger partial charge in [-0.25, -0.2) is 0 Å². The van der Waals surface area contributed by atoms with Gasteiger partial charge < -0.3 is 4.74 Å². The van der Waals surface area contributed by atoms with Gasteiger partial charge in [0.25, 0.3) is 0 Å². The number of thiophene rings is 1. The van der Waals surface area contributed by atoms with Crippen molar-refractivity contribution in [2.75, 3.05) is 0 Å². The van der Waals surface area contributed by atoms with Gasteiger partial charge in [0.1, 0.15) is 5.75 Å². The highest BCUT2D eigenvalue weighted by atomic mass is 32.1. The summed E-state index contributed by atoms with van der Waals surface area (Å²) in [5.41, 5.74) is 1.32. The Labute approximate surface area is 111 Å². The molecular weight excluding hydrogens is 244 g/mol. The number of rotatable bonds is 5. The lowest BCUT2D eigenvalue weighted by Gasteiger charge is -2.09. The summed E-state index contributed by atoms with van der Waals surface area (Å²) >= 11 is 1.35. The van der Waals surface area contributed by atoms with Gasteiger partial charge in [0, 0.05) is 0 Å². The molecule has 18 heavy (non-hydrogen) atoms. The Morgan fingerprint density at radius 2 is 1.94 bits per heavy atom. The molecule has 0 aliphatic carbocycles. The Bertz CT molecular complexity index is 514. The highest BCUT2D eigenvalue weighted by Crippen LogP contribution is 2.29. The third-order valence-electron chi connectivity index (χ3n) is 3.00. The first-order valence-electron chi connectivity index (χ1n) is 6.05. The molecule has 0 radical (unpaired) electrons. The molecule has 0 saturated heterocycles. The lowest BCUT2D eigenvalue weighted by Crippen LogP contribution is -1.90. The molecule has 3 heteroatoms. The van der Waals surface area contributed by atoms with Crippen LogP contribution in [0.2, 0.25) is 0 Å². The van der Waals surface area contributed by atoms with Crippen LogP contribution in [0, 0.1) is 0 Å². The fraction of sp³-hybridized carbons (Fsp3) is 0.267. The summed E-state index contributed by atoms with van der Waals surface area (Å²) in [5, 5.41) is 0.744. The Balaban J connectivity index is 2.08. The molecule has 0 N–H and O–H groups in total. The molecule has 0 aliphatic heterocycles. The van der Waals surface area contributed by atoms with Crippen molar-refractivity contribution in [1.82, 2.24) is 0 Å². The molecule has 94 valence electrons. The molecule has 2 nitrogen and oxygen atoms in total. The van der Waals surface area contributed by atoms with Crippen LogP contribution >= 0.6 is 11.3 Å². The maximum absolute atomic E-state index is 10.6. The standard InChI is InChI=1S/C15H16O2S/c1-3-11(2)12-4-6-13(7-5-12)17-15-9-8-14(10-16)18-15/h4-11H,3H2,1-2H3. The molecule has 1 aromatic carbocycles. The highest BCUT2D eigenvalue weighted by Gasteiger charge is 2.04. The van der Waals surface area contributed by atoms with Gasteiger partial charge in [-0.05, 0) is 42.2 Å². The molecule has 1 aromatic heterocycles. The van der Waals surface area contributed by atoms with Crippen molar-refractivity contribution in [3.8, 4) is 10.8 Å². The van der Waals surface area contributed by atoms with Gasteiger partial charge in [-0.3, -0.25) is 4.79 Å². The van der Waals surface area contributed by atoms with Crippen molar-refractivity contribution in [2.45, 2.75) is 26.2 Å². The van der Waals surface area contributed by atoms with Gasteiger partial charge >= 0.3 is 0 Å². The Hall–Kier alpha value is -1.61. The highest BCUT2D eigenvalue weighted by molar-refractivity contribution is 7.15. The molecule has 2 rings (SSSR count). The van der Waals surface area contributed by atoms with Gasteiger partial charge in [-0.1, -0.05) is 37.3 Å². The van der Waals surface area contributed by atoms with Gasteiger partial charge in [-0.2, -0.15) is 0 Å². The van der Waals surface area contributed by atoms with Crippen LogP contribution in [0.4, 0.5) is 0 Å². The van der Waals surface area contributed by atoms with Crippen LogP contribution in [0.15, 0.2) is 36.4 Å². The molecule has 0 fully saturated rings. The second-order valence-electron chi connectivity index (χ2n) is 4.26. The number of carbonyl (C=O) groups excluding carboxylic acids is 1. The molecule has 2 aromatic rings. The van der Waals surface area contributed by atoms with Gasteiger partial charge in [0.05, 0.1) is 4.88 Å². The molecule has 0 aliphatic rings. The van der Waals surface area contributed by atoms with Crippen LogP contribution in [-0.4, -0.2) is 6.29 Å². The smallest absolute Gasteiger partial charge is 0.181 e. The van der Waals surface area contributed by atoms with E-state index in [1.54, 1.807) is 6.07 Å². The number of carbonyl (C=O) groups is 1. The first-order chi connectivity index (χ1) is 8.72. The SMILES string of the molecule is CCC(C)c1ccc(Oc2ccc(C=O)s2)cc1. The molecule has 0 bridgehead atoms. The van der Waals surface area contributed by atoms with Crippen molar-refractivity contribution in [2.24, 2.45) is 0 Å². The molecule has 0 amide bonds. The van der Waals surface area contributed by atoms with E-state index >= 15 is 0 Å². The van der Waals surface area contributed by atoms with Crippen LogP contribution in [-0.2, 0) is 0 Å². The van der Waals surface area contributed by atoms with E-state index in [2.05, 4.69) is 26.0 Å². The average Bonchev–Trinajstić information content (AvgIpc) is 2.86. The Morgan fingerprint density at radius 1 is 1.22 bits per heavy atom. The van der Waals surface area contributed by atoms with Crippen molar-refractivity contribution >= 4 is 17.6 Å². The van der Waals surface area contributed by atoms with Crippen molar-refractivity contribution < 1.29 is 9.53 Å². The molecule has 1 unspecified atom stereocenters. The van der Waals surface area contributed by atoms with Crippen molar-refractivity contribution in [1.29, 1.82) is 0 Å². The first-order valence-corrected chi connectivity index (χ1v) is 6.87. The van der Waals surface area contributed by atoms with Crippen molar-refractivity contribution in [3.05, 3.63) is 46.8 Å². The minimum Gasteiger partial charge on any atom is -0.447 e. The summed E-state index contributed by atoms with van der Waals surface area (Å²) in [7, 11) is 0. The predicted octanol–water partition coefficient (Wildman–Crippen LogP) is 4.87. The average molecular weight is 260 g/mol. The van der Waals surface area contributed by atoms with Crippen LogP contribution in [0.1, 0.15) is 41.4 Å². The number of ether oxygens (including phenoxy) is 1. The molecule has 1 atom stereocenters. The Morgan fingerprint density at radius 3 is 2.50 bits per heavy atom. The summed E-state index contributed by atoms with van der Waals surface area (Å²) in [6.45, 7) is 4.40. The fourth-order valence-electron chi connectivity index (χ4n) is 1.67. The number of aldehydes is 1. The Kier molecular flexibility index (Phi) is 4.15. The zero-order chi connectivity index (χ0) is 13.0. The van der Waals surface area contributed by atoms with E-state index in [1.165, 1.54) is 16.9 Å². The summed E-state index contributed by atoms with van der Waals surface area (Å²) < 4.78 is 5.69. The van der Waals surface area contributed by atoms with E-state index in [4.69, 9.17) is 4.74 Å². The number of hydrogen-bond acceptors (Lipinski definition) is 3. The third-order valence-corrected chi connectivity index (χ3v) is 3.89. The summed E-state index contributed by atoms with van der Waals surface area (Å²) in [5.74, 6) is 1.38. The summed E-state index contributed by atoms with van der Waals surface area (Å²) in [4.78, 5) is 11.3. The first kappa shape index (κ1) is 12.8. The second kappa shape index (κ2) is 5.83. The molecule has 0 spiro atoms. The van der Waals surface area contributed by atoms with Crippen LogP contribution in [0.25, 0.3) is 0 Å². The van der Waals surface area contributed by atoms with E-state index in [0.717, 1.165) is 23.5 Å². The van der Waals surface area contributed by atoms with Gasteiger partial charge in [0.15, 0.2) is 11.3 Å². The maximum Gasteiger partial charge on any atom is 0.181 e. The summed E-state index contributed by atoms with van der Waals surface area (Å²) in [6, 6.07) is 11.7. The predicted molar refractivity (Wildman–Crippen MR) is 74.9 cm³/mol. The quantitative estimate of drug-likeness (QED) is 0.717. The topological polar surface area (TPSA) is 26.3 Å². The molecule has 1 heterocycles. The largest absolute Gasteiger partial charge is 0.447 e. The molecular formula is C15H16O2S. The van der Waals surface area contributed by atoms with Crippen LogP contribution < -0.4 is 4.74 Å². The van der Waals surface area contributed by atoms with Crippen LogP contribution in [0.5, 0.6) is 10.8 Å². The van der Waals surface area contributed by atoms with Gasteiger partial charge in [-0.15, -0.1) is 0 Å². The zero-order valence-electron chi connectivity index (χ0n) is 10.6. The fourth-order valence-corrected chi connectivity index (χ4v) is 2.36. The monoisotopic (exact) mass is 260 g/mol. The van der Waals surface area contributed by atoms with Gasteiger partial charge in [0.2, 0.25) is 0 Å². The second-order valence-corrected chi connectivity index (χ2v) is 5.33. The lowest BCUT2D eigenvalue weighted by molar-refractivity contribution is 0.112. The van der Waals surface area contributed by atoms with Crippen molar-refractivity contribution in [3.63, 3.8) is 0 Å². The van der Waals surface area contributed by atoms with E-state index < -0.39 is 0 Å². The van der Waals surface area contributed by atoms with E-state index in [1.807, 2.05) is 18.2 Å². The van der Waals surface area contributed by atoms with E-state index in [-0.39, 0.29) is 0 Å².